The Morgan fingerprint density at radius 1 is 1.09 bits per heavy atom. The average molecular weight is 495 g/mol. The van der Waals surface area contributed by atoms with E-state index in [2.05, 4.69) is 20.2 Å². The monoisotopic (exact) mass is 494 g/mol. The zero-order chi connectivity index (χ0) is 23.1. The average Bonchev–Trinajstić information content (AvgIpc) is 3.22. The van der Waals surface area contributed by atoms with E-state index in [0.29, 0.717) is 23.4 Å². The first-order valence-electron chi connectivity index (χ1n) is 9.88. The fraction of sp³-hybridized carbons (Fsp3) is 0.286. The zero-order valence-corrected chi connectivity index (χ0v) is 19.9. The molecule has 0 aliphatic heterocycles. The van der Waals surface area contributed by atoms with Crippen LogP contribution in [0.2, 0.25) is 5.02 Å². The summed E-state index contributed by atoms with van der Waals surface area (Å²) in [5, 5.41) is 10.6. The summed E-state index contributed by atoms with van der Waals surface area (Å²) in [5.41, 5.74) is 1.46. The van der Waals surface area contributed by atoms with Crippen molar-refractivity contribution >= 4 is 44.0 Å². The molecule has 3 aromatic rings. The number of sulfonamides is 1. The van der Waals surface area contributed by atoms with E-state index in [0.717, 1.165) is 22.6 Å². The van der Waals surface area contributed by atoms with Gasteiger partial charge in [0.1, 0.15) is 5.75 Å². The lowest BCUT2D eigenvalue weighted by Gasteiger charge is -2.10. The molecule has 0 atom stereocenters. The molecule has 1 heterocycles. The summed E-state index contributed by atoms with van der Waals surface area (Å²) in [6.45, 7) is 4.18. The minimum atomic E-state index is -3.81. The number of hydrogen-bond acceptors (Lipinski definition) is 7. The molecule has 0 aliphatic carbocycles. The molecule has 0 saturated carbocycles. The maximum atomic E-state index is 12.5. The smallest absolute Gasteiger partial charge is 0.269 e. The van der Waals surface area contributed by atoms with Gasteiger partial charge in [0.05, 0.1) is 6.10 Å². The van der Waals surface area contributed by atoms with Gasteiger partial charge >= 0.3 is 0 Å². The Morgan fingerprint density at radius 2 is 1.78 bits per heavy atom. The molecule has 0 saturated heterocycles. The van der Waals surface area contributed by atoms with Crippen molar-refractivity contribution in [2.45, 2.75) is 37.1 Å². The molecule has 0 bridgehead atoms. The first kappa shape index (κ1) is 24.1. The Hall–Kier alpha value is -2.53. The third kappa shape index (κ3) is 6.99. The number of rotatable bonds is 10. The molecule has 170 valence electrons. The third-order valence-corrected chi connectivity index (χ3v) is 7.11. The second kappa shape index (κ2) is 10.9. The lowest BCUT2D eigenvalue weighted by Crippen LogP contribution is -2.25. The van der Waals surface area contributed by atoms with Crippen molar-refractivity contribution in [2.75, 3.05) is 11.9 Å². The van der Waals surface area contributed by atoms with Crippen LogP contribution in [0, 0.1) is 0 Å². The molecular formula is C21H23ClN4O4S2. The Morgan fingerprint density at radius 3 is 2.44 bits per heavy atom. The Kier molecular flexibility index (Phi) is 8.19. The molecule has 1 amide bonds. The van der Waals surface area contributed by atoms with E-state index >= 15 is 0 Å². The van der Waals surface area contributed by atoms with Gasteiger partial charge in [-0.2, -0.15) is 0 Å². The summed E-state index contributed by atoms with van der Waals surface area (Å²) in [4.78, 5) is 12.2. The SMILES string of the molecule is CC(C)Oc1ccc(CCCNS(=O)(=O)c2nnc(NC(=O)c3ccc(Cl)cc3)s2)cc1. The van der Waals surface area contributed by atoms with Gasteiger partial charge in [0.2, 0.25) is 9.47 Å². The van der Waals surface area contributed by atoms with Crippen molar-refractivity contribution in [2.24, 2.45) is 0 Å². The Balaban J connectivity index is 1.48. The standard InChI is InChI=1S/C21H23ClN4O4S2/c1-14(2)30-18-11-5-15(6-12-18)4-3-13-23-32(28,29)21-26-25-20(31-21)24-19(27)16-7-9-17(22)10-8-16/h5-12,14,23H,3-4,13H2,1-2H3,(H,24,25,27). The summed E-state index contributed by atoms with van der Waals surface area (Å²) >= 11 is 6.59. The van der Waals surface area contributed by atoms with Crippen LogP contribution in [0.15, 0.2) is 52.9 Å². The third-order valence-electron chi connectivity index (χ3n) is 4.19. The highest BCUT2D eigenvalue weighted by Gasteiger charge is 2.20. The minimum absolute atomic E-state index is 0.0917. The van der Waals surface area contributed by atoms with E-state index < -0.39 is 15.9 Å². The van der Waals surface area contributed by atoms with Crippen LogP contribution in [-0.4, -0.2) is 37.2 Å². The van der Waals surface area contributed by atoms with Gasteiger partial charge in [-0.1, -0.05) is 35.1 Å². The number of hydrogen-bond donors (Lipinski definition) is 2. The minimum Gasteiger partial charge on any atom is -0.491 e. The number of amides is 1. The van der Waals surface area contributed by atoms with E-state index in [9.17, 15) is 13.2 Å². The van der Waals surface area contributed by atoms with Crippen LogP contribution in [0.1, 0.15) is 36.2 Å². The van der Waals surface area contributed by atoms with Gasteiger partial charge in [0, 0.05) is 17.1 Å². The molecular weight excluding hydrogens is 472 g/mol. The molecule has 8 nitrogen and oxygen atoms in total. The van der Waals surface area contributed by atoms with E-state index in [1.165, 1.54) is 0 Å². The molecule has 32 heavy (non-hydrogen) atoms. The highest BCUT2D eigenvalue weighted by Crippen LogP contribution is 2.21. The van der Waals surface area contributed by atoms with Crippen LogP contribution in [-0.2, 0) is 16.4 Å². The molecule has 1 aromatic heterocycles. The summed E-state index contributed by atoms with van der Waals surface area (Å²) in [6, 6.07) is 14.0. The number of nitrogens with one attached hydrogen (secondary N) is 2. The number of benzene rings is 2. The second-order valence-electron chi connectivity index (χ2n) is 7.15. The molecule has 0 fully saturated rings. The van der Waals surface area contributed by atoms with Crippen LogP contribution in [0.4, 0.5) is 5.13 Å². The Labute approximate surface area is 196 Å². The predicted octanol–water partition coefficient (Wildman–Crippen LogP) is 4.14. The number of carbonyl (C=O) groups excluding carboxylic acids is 1. The summed E-state index contributed by atoms with van der Waals surface area (Å²) in [6.07, 6.45) is 1.44. The van der Waals surface area contributed by atoms with E-state index in [1.54, 1.807) is 24.3 Å². The van der Waals surface area contributed by atoms with Gasteiger partial charge in [-0.3, -0.25) is 10.1 Å². The van der Waals surface area contributed by atoms with Crippen molar-refractivity contribution in [3.05, 3.63) is 64.7 Å². The van der Waals surface area contributed by atoms with E-state index in [4.69, 9.17) is 16.3 Å². The Bertz CT molecular complexity index is 1150. The van der Waals surface area contributed by atoms with Gasteiger partial charge in [0.25, 0.3) is 15.9 Å². The molecule has 2 aromatic carbocycles. The number of ether oxygens (including phenoxy) is 1. The van der Waals surface area contributed by atoms with Gasteiger partial charge < -0.3 is 4.74 Å². The first-order chi connectivity index (χ1) is 15.2. The van der Waals surface area contributed by atoms with E-state index in [-0.39, 0.29) is 22.1 Å². The van der Waals surface area contributed by atoms with Crippen LogP contribution < -0.4 is 14.8 Å². The number of anilines is 1. The maximum Gasteiger partial charge on any atom is 0.269 e. The van der Waals surface area contributed by atoms with Crippen molar-refractivity contribution < 1.29 is 17.9 Å². The van der Waals surface area contributed by atoms with Crippen molar-refractivity contribution in [3.63, 3.8) is 0 Å². The highest BCUT2D eigenvalue weighted by atomic mass is 35.5. The number of aryl methyl sites for hydroxylation is 1. The van der Waals surface area contributed by atoms with E-state index in [1.807, 2.05) is 38.1 Å². The van der Waals surface area contributed by atoms with Gasteiger partial charge in [0.15, 0.2) is 0 Å². The zero-order valence-electron chi connectivity index (χ0n) is 17.5. The normalized spacial score (nSPS) is 11.5. The summed E-state index contributed by atoms with van der Waals surface area (Å²) in [5.74, 6) is 0.374. The first-order valence-corrected chi connectivity index (χ1v) is 12.6. The molecule has 0 unspecified atom stereocenters. The van der Waals surface area contributed by atoms with Crippen molar-refractivity contribution in [1.82, 2.24) is 14.9 Å². The fourth-order valence-electron chi connectivity index (χ4n) is 2.71. The molecule has 2 N–H and O–H groups in total. The quantitative estimate of drug-likeness (QED) is 0.323. The lowest BCUT2D eigenvalue weighted by atomic mass is 10.1. The van der Waals surface area contributed by atoms with Crippen LogP contribution >= 0.6 is 22.9 Å². The molecule has 11 heteroatoms. The van der Waals surface area contributed by atoms with Crippen molar-refractivity contribution in [3.8, 4) is 5.75 Å². The fourth-order valence-corrected chi connectivity index (χ4v) is 4.84. The second-order valence-corrected chi connectivity index (χ2v) is 10.5. The van der Waals surface area contributed by atoms with Gasteiger partial charge in [-0.05, 0) is 68.7 Å². The summed E-state index contributed by atoms with van der Waals surface area (Å²) in [7, 11) is -3.81. The topological polar surface area (TPSA) is 110 Å². The summed E-state index contributed by atoms with van der Waals surface area (Å²) < 4.78 is 32.8. The molecule has 0 spiro atoms. The molecule has 0 radical (unpaired) electrons. The van der Waals surface area contributed by atoms with Gasteiger partial charge in [-0.25, -0.2) is 13.1 Å². The van der Waals surface area contributed by atoms with Crippen LogP contribution in [0.5, 0.6) is 5.75 Å². The lowest BCUT2D eigenvalue weighted by molar-refractivity contribution is 0.102. The molecule has 3 rings (SSSR count). The van der Waals surface area contributed by atoms with Crippen LogP contribution in [0.3, 0.4) is 0 Å². The highest BCUT2D eigenvalue weighted by molar-refractivity contribution is 7.91. The van der Waals surface area contributed by atoms with Gasteiger partial charge in [-0.15, -0.1) is 10.2 Å². The molecule has 0 aliphatic rings. The van der Waals surface area contributed by atoms with Crippen LogP contribution in [0.25, 0.3) is 0 Å². The number of halogens is 1. The number of nitrogens with zero attached hydrogens (tertiary/aromatic N) is 2. The van der Waals surface area contributed by atoms with Crippen molar-refractivity contribution in [1.29, 1.82) is 0 Å². The largest absolute Gasteiger partial charge is 0.491 e. The number of aromatic nitrogens is 2. The number of carbonyl (C=O) groups is 1. The maximum absolute atomic E-state index is 12.5. The predicted molar refractivity (Wildman–Crippen MR) is 125 cm³/mol.